The van der Waals surface area contributed by atoms with Crippen molar-refractivity contribution in [2.24, 2.45) is 23.2 Å². The predicted molar refractivity (Wildman–Crippen MR) is 124 cm³/mol. The Morgan fingerprint density at radius 1 is 1.23 bits per heavy atom. The van der Waals surface area contributed by atoms with Crippen molar-refractivity contribution in [3.05, 3.63) is 35.5 Å². The van der Waals surface area contributed by atoms with Gasteiger partial charge in [0, 0.05) is 6.42 Å². The van der Waals surface area contributed by atoms with Crippen molar-refractivity contribution >= 4 is 0 Å². The van der Waals surface area contributed by atoms with Gasteiger partial charge in [0.25, 0.3) is 0 Å². The van der Waals surface area contributed by atoms with E-state index in [0.29, 0.717) is 37.0 Å². The largest absolute Gasteiger partial charge is 0.393 e. The average Bonchev–Trinajstić information content (AvgIpc) is 3.04. The molecule has 0 radical (unpaired) electrons. The molecule has 176 valence electrons. The second-order valence-electron chi connectivity index (χ2n) is 11.3. The van der Waals surface area contributed by atoms with Crippen molar-refractivity contribution in [1.82, 2.24) is 0 Å². The predicted octanol–water partition coefficient (Wildman–Crippen LogP) is 5.65. The summed E-state index contributed by atoms with van der Waals surface area (Å²) in [7, 11) is 0. The summed E-state index contributed by atoms with van der Waals surface area (Å²) in [5, 5.41) is 30.1. The number of hydrogen-bond acceptors (Lipinski definition) is 3. The van der Waals surface area contributed by atoms with Gasteiger partial charge in [-0.15, -0.1) is 0 Å². The third-order valence-electron chi connectivity index (χ3n) is 8.63. The fourth-order valence-electron chi connectivity index (χ4n) is 6.64. The van der Waals surface area contributed by atoms with Gasteiger partial charge in [-0.2, -0.15) is 0 Å². The van der Waals surface area contributed by atoms with Crippen LogP contribution in [0.1, 0.15) is 85.5 Å². The normalized spacial score (nSPS) is 39.0. The molecule has 3 rings (SSSR count). The molecule has 3 saturated carbocycles. The lowest BCUT2D eigenvalue weighted by molar-refractivity contribution is -0.0119. The highest BCUT2D eigenvalue weighted by molar-refractivity contribution is 5.38. The van der Waals surface area contributed by atoms with Crippen LogP contribution >= 0.6 is 0 Å². The van der Waals surface area contributed by atoms with E-state index in [2.05, 4.69) is 32.6 Å². The molecule has 0 spiro atoms. The summed E-state index contributed by atoms with van der Waals surface area (Å²) in [6.07, 6.45) is 10.0. The van der Waals surface area contributed by atoms with Crippen LogP contribution in [0.4, 0.5) is 4.39 Å². The van der Waals surface area contributed by atoms with Gasteiger partial charge in [0.15, 0.2) is 0 Å². The van der Waals surface area contributed by atoms with Crippen molar-refractivity contribution in [2.75, 3.05) is 0 Å². The van der Waals surface area contributed by atoms with Gasteiger partial charge in [0.05, 0.1) is 17.8 Å². The highest BCUT2D eigenvalue weighted by atomic mass is 19.1. The zero-order valence-electron chi connectivity index (χ0n) is 19.9. The lowest BCUT2D eigenvalue weighted by atomic mass is 9.60. The quantitative estimate of drug-likeness (QED) is 0.506. The topological polar surface area (TPSA) is 60.7 Å². The first-order valence-corrected chi connectivity index (χ1v) is 12.2. The second-order valence-corrected chi connectivity index (χ2v) is 11.3. The standard InChI is InChI=1S/C27H43FO3/c1-17(8-13-25(28)26(3,4)31)22-11-12-23-19(7-6-14-27(22,23)5)9-10-20-15-21(29)16-24(30)18(20)2/h9-10,17,21-25,29-31H,2,6-8,11-16H2,1,3-5H3/b19-9+,20-10-/t17-,21-,22-,23+,24+,25?,27-/m1/s1. The molecular formula is C27H43FO3. The molecule has 0 amide bonds. The summed E-state index contributed by atoms with van der Waals surface area (Å²) in [6, 6.07) is 0. The molecular weight excluding hydrogens is 391 g/mol. The summed E-state index contributed by atoms with van der Waals surface area (Å²) in [6.45, 7) is 11.8. The van der Waals surface area contributed by atoms with Gasteiger partial charge < -0.3 is 15.3 Å². The van der Waals surface area contributed by atoms with Gasteiger partial charge in [-0.25, -0.2) is 4.39 Å². The van der Waals surface area contributed by atoms with E-state index in [-0.39, 0.29) is 5.41 Å². The first kappa shape index (κ1) is 24.7. The van der Waals surface area contributed by atoms with Crippen molar-refractivity contribution in [1.29, 1.82) is 0 Å². The maximum Gasteiger partial charge on any atom is 0.128 e. The summed E-state index contributed by atoms with van der Waals surface area (Å²) in [5.74, 6) is 1.57. The maximum absolute atomic E-state index is 14.3. The molecule has 31 heavy (non-hydrogen) atoms. The molecule has 0 saturated heterocycles. The zero-order valence-corrected chi connectivity index (χ0v) is 19.9. The smallest absolute Gasteiger partial charge is 0.128 e. The van der Waals surface area contributed by atoms with Crippen LogP contribution in [0.15, 0.2) is 35.5 Å². The third-order valence-corrected chi connectivity index (χ3v) is 8.63. The van der Waals surface area contributed by atoms with E-state index in [1.807, 2.05) is 0 Å². The van der Waals surface area contributed by atoms with Gasteiger partial charge in [0.2, 0.25) is 0 Å². The Labute approximate surface area is 188 Å². The van der Waals surface area contributed by atoms with E-state index in [9.17, 15) is 19.7 Å². The molecule has 0 aliphatic heterocycles. The van der Waals surface area contributed by atoms with Gasteiger partial charge in [0.1, 0.15) is 6.17 Å². The summed E-state index contributed by atoms with van der Waals surface area (Å²) in [4.78, 5) is 0. The van der Waals surface area contributed by atoms with Crippen LogP contribution in [0.5, 0.6) is 0 Å². The third kappa shape index (κ3) is 5.34. The van der Waals surface area contributed by atoms with Crippen LogP contribution < -0.4 is 0 Å². The van der Waals surface area contributed by atoms with E-state index < -0.39 is 24.0 Å². The minimum Gasteiger partial charge on any atom is -0.393 e. The SMILES string of the molecule is C=C1/C(=C\C=C2/CCC[C@]3(C)[C@@H]([C@H](C)CCC(F)C(C)(C)O)CC[C@@H]23)C[C@@H](O)C[C@@H]1O. The number of hydrogen-bond donors (Lipinski definition) is 3. The minimum atomic E-state index is -1.26. The number of rotatable bonds is 6. The molecule has 3 nitrogen and oxygen atoms in total. The molecule has 7 atom stereocenters. The van der Waals surface area contributed by atoms with Crippen molar-refractivity contribution in [2.45, 2.75) is 109 Å². The highest BCUT2D eigenvalue weighted by Crippen LogP contribution is 2.60. The first-order valence-electron chi connectivity index (χ1n) is 12.2. The Morgan fingerprint density at radius 3 is 2.61 bits per heavy atom. The van der Waals surface area contributed by atoms with E-state index in [1.165, 1.54) is 31.3 Å². The number of aliphatic hydroxyl groups is 3. The van der Waals surface area contributed by atoms with Crippen LogP contribution in [0, 0.1) is 23.2 Å². The Morgan fingerprint density at radius 2 is 1.94 bits per heavy atom. The number of alkyl halides is 1. The van der Waals surface area contributed by atoms with Crippen LogP contribution in [0.25, 0.3) is 0 Å². The summed E-state index contributed by atoms with van der Waals surface area (Å²) < 4.78 is 14.3. The molecule has 3 aliphatic carbocycles. The molecule has 3 fully saturated rings. The van der Waals surface area contributed by atoms with Gasteiger partial charge in [-0.1, -0.05) is 38.2 Å². The fraction of sp³-hybridized carbons (Fsp3) is 0.778. The molecule has 0 aromatic heterocycles. The number of halogens is 1. The van der Waals surface area contributed by atoms with Gasteiger partial charge in [-0.05, 0) is 99.5 Å². The molecule has 0 aromatic carbocycles. The van der Waals surface area contributed by atoms with E-state index in [0.717, 1.165) is 24.0 Å². The van der Waals surface area contributed by atoms with E-state index in [4.69, 9.17) is 0 Å². The average molecular weight is 435 g/mol. The van der Waals surface area contributed by atoms with Gasteiger partial charge in [-0.3, -0.25) is 0 Å². The lowest BCUT2D eigenvalue weighted by Gasteiger charge is -2.44. The lowest BCUT2D eigenvalue weighted by Crippen LogP contribution is -2.37. The Bertz CT molecular complexity index is 718. The first-order chi connectivity index (χ1) is 14.4. The number of fused-ring (bicyclic) bond motifs is 1. The fourth-order valence-corrected chi connectivity index (χ4v) is 6.64. The molecule has 0 heterocycles. The highest BCUT2D eigenvalue weighted by Gasteiger charge is 2.50. The number of allylic oxidation sites excluding steroid dienone is 3. The molecule has 1 unspecified atom stereocenters. The monoisotopic (exact) mass is 434 g/mol. The molecule has 0 aromatic rings. The Hall–Kier alpha value is -0.970. The molecule has 3 N–H and O–H groups in total. The Balaban J connectivity index is 1.71. The van der Waals surface area contributed by atoms with Crippen molar-refractivity contribution < 1.29 is 19.7 Å². The van der Waals surface area contributed by atoms with Crippen molar-refractivity contribution in [3.63, 3.8) is 0 Å². The van der Waals surface area contributed by atoms with Crippen LogP contribution in [0.3, 0.4) is 0 Å². The molecule has 4 heteroatoms. The van der Waals surface area contributed by atoms with Crippen LogP contribution in [0.2, 0.25) is 0 Å². The van der Waals surface area contributed by atoms with Crippen LogP contribution in [-0.4, -0.2) is 39.3 Å². The van der Waals surface area contributed by atoms with E-state index in [1.54, 1.807) is 13.8 Å². The number of aliphatic hydroxyl groups excluding tert-OH is 2. The van der Waals surface area contributed by atoms with Crippen molar-refractivity contribution in [3.8, 4) is 0 Å². The summed E-state index contributed by atoms with van der Waals surface area (Å²) >= 11 is 0. The van der Waals surface area contributed by atoms with E-state index >= 15 is 0 Å². The molecule has 3 aliphatic rings. The Kier molecular flexibility index (Phi) is 7.55. The van der Waals surface area contributed by atoms with Crippen LogP contribution in [-0.2, 0) is 0 Å². The molecule has 0 bridgehead atoms. The van der Waals surface area contributed by atoms with Gasteiger partial charge >= 0.3 is 0 Å². The summed E-state index contributed by atoms with van der Waals surface area (Å²) in [5.41, 5.74) is 2.17. The zero-order chi connectivity index (χ0) is 23.0. The maximum atomic E-state index is 14.3. The minimum absolute atomic E-state index is 0.241. The second kappa shape index (κ2) is 9.49.